The summed E-state index contributed by atoms with van der Waals surface area (Å²) in [6.45, 7) is 3.85. The molecule has 7 heteroatoms. The summed E-state index contributed by atoms with van der Waals surface area (Å²) in [5.74, 6) is -0.653. The van der Waals surface area contributed by atoms with E-state index in [1.54, 1.807) is 13.1 Å². The number of anilines is 1. The Morgan fingerprint density at radius 3 is 2.33 bits per heavy atom. The summed E-state index contributed by atoms with van der Waals surface area (Å²) >= 11 is 19.1. The van der Waals surface area contributed by atoms with E-state index < -0.39 is 0 Å². The van der Waals surface area contributed by atoms with E-state index in [4.69, 9.17) is 39.5 Å². The Hall–Kier alpha value is -0.970. The number of esters is 1. The van der Waals surface area contributed by atoms with Crippen molar-refractivity contribution < 1.29 is 14.3 Å². The van der Waals surface area contributed by atoms with E-state index in [0.717, 1.165) is 6.42 Å². The van der Waals surface area contributed by atoms with Crippen molar-refractivity contribution in [1.82, 2.24) is 0 Å². The minimum Gasteiger partial charge on any atom is -0.469 e. The molecule has 4 nitrogen and oxygen atoms in total. The minimum atomic E-state index is -0.346. The lowest BCUT2D eigenvalue weighted by molar-refractivity contribution is -0.141. The summed E-state index contributed by atoms with van der Waals surface area (Å²) in [5.41, 5.74) is 1.03. The van der Waals surface area contributed by atoms with Crippen LogP contribution in [0.4, 0.5) is 5.69 Å². The molecule has 0 radical (unpaired) electrons. The number of benzene rings is 1. The standard InChI is InChI=1S/C17H22Cl3NO3/c1-5-7-13(22)21(3)17-12(19)9-11(18)15(16(17)20)10(6-2)8-14(23)24-4/h9-10H,5-8H2,1-4H3. The van der Waals surface area contributed by atoms with E-state index in [1.165, 1.54) is 12.0 Å². The highest BCUT2D eigenvalue weighted by Crippen LogP contribution is 2.45. The molecule has 1 unspecified atom stereocenters. The molecule has 0 saturated heterocycles. The first kappa shape index (κ1) is 21.1. The van der Waals surface area contributed by atoms with Gasteiger partial charge in [0.25, 0.3) is 0 Å². The molecule has 24 heavy (non-hydrogen) atoms. The SMILES string of the molecule is CCCC(=O)N(C)c1c(Cl)cc(Cl)c(C(CC)CC(=O)OC)c1Cl. The van der Waals surface area contributed by atoms with Crippen molar-refractivity contribution >= 4 is 52.4 Å². The quantitative estimate of drug-likeness (QED) is 0.576. The highest BCUT2D eigenvalue weighted by molar-refractivity contribution is 6.43. The van der Waals surface area contributed by atoms with Crippen LogP contribution < -0.4 is 4.90 Å². The van der Waals surface area contributed by atoms with Gasteiger partial charge in [0.2, 0.25) is 5.91 Å². The van der Waals surface area contributed by atoms with Gasteiger partial charge in [-0.25, -0.2) is 0 Å². The molecule has 0 bridgehead atoms. The topological polar surface area (TPSA) is 46.6 Å². The number of ether oxygens (including phenoxy) is 1. The molecule has 0 N–H and O–H groups in total. The first-order valence-electron chi connectivity index (χ1n) is 7.79. The smallest absolute Gasteiger partial charge is 0.306 e. The molecular weight excluding hydrogens is 373 g/mol. The number of hydrogen-bond donors (Lipinski definition) is 0. The molecule has 0 aliphatic carbocycles. The lowest BCUT2D eigenvalue weighted by atomic mass is 9.92. The third-order valence-electron chi connectivity index (χ3n) is 3.90. The van der Waals surface area contributed by atoms with Crippen molar-refractivity contribution in [3.8, 4) is 0 Å². The molecule has 0 saturated carbocycles. The van der Waals surface area contributed by atoms with Gasteiger partial charge in [0, 0.05) is 18.5 Å². The van der Waals surface area contributed by atoms with Gasteiger partial charge < -0.3 is 9.64 Å². The number of rotatable bonds is 7. The third kappa shape index (κ3) is 4.78. The molecule has 0 heterocycles. The molecule has 1 amide bonds. The Balaban J connectivity index is 3.39. The number of halogens is 3. The molecule has 1 aromatic rings. The molecule has 0 aliphatic heterocycles. The van der Waals surface area contributed by atoms with E-state index in [0.29, 0.717) is 39.2 Å². The number of nitrogens with zero attached hydrogens (tertiary/aromatic N) is 1. The summed E-state index contributed by atoms with van der Waals surface area (Å²) < 4.78 is 4.74. The van der Waals surface area contributed by atoms with Gasteiger partial charge in [0.05, 0.1) is 29.3 Å². The van der Waals surface area contributed by atoms with Crippen molar-refractivity contribution in [3.05, 3.63) is 26.7 Å². The zero-order valence-corrected chi connectivity index (χ0v) is 16.6. The van der Waals surface area contributed by atoms with Gasteiger partial charge >= 0.3 is 5.97 Å². The fraction of sp³-hybridized carbons (Fsp3) is 0.529. The van der Waals surface area contributed by atoms with Crippen LogP contribution in [-0.4, -0.2) is 26.0 Å². The third-order valence-corrected chi connectivity index (χ3v) is 4.88. The lowest BCUT2D eigenvalue weighted by Crippen LogP contribution is -2.26. The predicted molar refractivity (Wildman–Crippen MR) is 99.5 cm³/mol. The molecule has 0 spiro atoms. The van der Waals surface area contributed by atoms with Gasteiger partial charge in [-0.15, -0.1) is 0 Å². The highest BCUT2D eigenvalue weighted by Gasteiger charge is 2.26. The second-order valence-electron chi connectivity index (χ2n) is 5.50. The summed E-state index contributed by atoms with van der Waals surface area (Å²) in [5, 5.41) is 0.977. The second-order valence-corrected chi connectivity index (χ2v) is 6.70. The average molecular weight is 395 g/mol. The van der Waals surface area contributed by atoms with Crippen molar-refractivity contribution in [2.24, 2.45) is 0 Å². The highest BCUT2D eigenvalue weighted by atomic mass is 35.5. The minimum absolute atomic E-state index is 0.0874. The molecule has 1 aromatic carbocycles. The van der Waals surface area contributed by atoms with E-state index in [-0.39, 0.29) is 24.2 Å². The monoisotopic (exact) mass is 393 g/mol. The summed E-state index contributed by atoms with van der Waals surface area (Å²) in [6.07, 6.45) is 1.90. The number of hydrogen-bond acceptors (Lipinski definition) is 3. The average Bonchev–Trinajstić information content (AvgIpc) is 2.53. The Morgan fingerprint density at radius 2 is 1.83 bits per heavy atom. The van der Waals surface area contributed by atoms with Gasteiger partial charge in [-0.1, -0.05) is 48.7 Å². The fourth-order valence-corrected chi connectivity index (χ4v) is 3.84. The van der Waals surface area contributed by atoms with E-state index in [9.17, 15) is 9.59 Å². The Bertz CT molecular complexity index is 620. The molecular formula is C17H22Cl3NO3. The molecule has 134 valence electrons. The number of carbonyl (C=O) groups is 2. The van der Waals surface area contributed by atoms with Gasteiger partial charge in [0.1, 0.15) is 0 Å². The maximum Gasteiger partial charge on any atom is 0.306 e. The van der Waals surface area contributed by atoms with Gasteiger partial charge in [-0.05, 0) is 30.4 Å². The van der Waals surface area contributed by atoms with Crippen LogP contribution in [0.3, 0.4) is 0 Å². The lowest BCUT2D eigenvalue weighted by Gasteiger charge is -2.25. The molecule has 1 rings (SSSR count). The van der Waals surface area contributed by atoms with Crippen molar-refractivity contribution in [2.75, 3.05) is 19.1 Å². The van der Waals surface area contributed by atoms with Crippen LogP contribution in [0.25, 0.3) is 0 Å². The normalized spacial score (nSPS) is 12.0. The van der Waals surface area contributed by atoms with Crippen LogP contribution in [0, 0.1) is 0 Å². The first-order chi connectivity index (χ1) is 11.3. The Morgan fingerprint density at radius 1 is 1.21 bits per heavy atom. The van der Waals surface area contributed by atoms with Crippen molar-refractivity contribution in [3.63, 3.8) is 0 Å². The largest absolute Gasteiger partial charge is 0.469 e. The van der Waals surface area contributed by atoms with Crippen LogP contribution in [0.5, 0.6) is 0 Å². The van der Waals surface area contributed by atoms with Gasteiger partial charge in [-0.2, -0.15) is 0 Å². The molecule has 0 aromatic heterocycles. The second kappa shape index (κ2) is 9.50. The van der Waals surface area contributed by atoms with Crippen LogP contribution >= 0.6 is 34.8 Å². The predicted octanol–water partition coefficient (Wildman–Crippen LogP) is 5.47. The van der Waals surface area contributed by atoms with Crippen molar-refractivity contribution in [2.45, 2.75) is 45.4 Å². The maximum absolute atomic E-state index is 12.2. The van der Waals surface area contributed by atoms with E-state index >= 15 is 0 Å². The number of amides is 1. The zero-order valence-electron chi connectivity index (χ0n) is 14.3. The number of methoxy groups -OCH3 is 1. The molecule has 0 aliphatic rings. The fourth-order valence-electron chi connectivity index (χ4n) is 2.52. The Kier molecular flexibility index (Phi) is 8.34. The number of carbonyl (C=O) groups excluding carboxylic acids is 2. The summed E-state index contributed by atoms with van der Waals surface area (Å²) in [6, 6.07) is 1.56. The summed E-state index contributed by atoms with van der Waals surface area (Å²) in [7, 11) is 2.97. The molecule has 0 fully saturated rings. The van der Waals surface area contributed by atoms with Gasteiger partial charge in [-0.3, -0.25) is 9.59 Å². The zero-order chi connectivity index (χ0) is 18.4. The Labute approximate surface area is 158 Å². The van der Waals surface area contributed by atoms with Crippen LogP contribution in [0.2, 0.25) is 15.1 Å². The van der Waals surface area contributed by atoms with E-state index in [1.807, 2.05) is 13.8 Å². The van der Waals surface area contributed by atoms with Crippen LogP contribution in [0.1, 0.15) is 51.0 Å². The van der Waals surface area contributed by atoms with Crippen molar-refractivity contribution in [1.29, 1.82) is 0 Å². The molecule has 1 atom stereocenters. The maximum atomic E-state index is 12.2. The van der Waals surface area contributed by atoms with Crippen LogP contribution in [0.15, 0.2) is 6.07 Å². The van der Waals surface area contributed by atoms with Gasteiger partial charge in [0.15, 0.2) is 0 Å². The van der Waals surface area contributed by atoms with E-state index in [2.05, 4.69) is 0 Å². The van der Waals surface area contributed by atoms with Crippen LogP contribution in [-0.2, 0) is 14.3 Å². The summed E-state index contributed by atoms with van der Waals surface area (Å²) in [4.78, 5) is 25.3. The first-order valence-corrected chi connectivity index (χ1v) is 8.92.